The highest BCUT2D eigenvalue weighted by Gasteiger charge is 2.12. The van der Waals surface area contributed by atoms with Crippen molar-refractivity contribution >= 4 is 33.5 Å². The zero-order chi connectivity index (χ0) is 17.5. The molecule has 0 radical (unpaired) electrons. The lowest BCUT2D eigenvalue weighted by Crippen LogP contribution is -2.06. The third-order valence-corrected chi connectivity index (χ3v) is 4.49. The number of pyridine rings is 1. The molecular weight excluding hydrogens is 398 g/mol. The van der Waals surface area contributed by atoms with Crippen molar-refractivity contribution in [3.63, 3.8) is 0 Å². The Hall–Kier alpha value is -1.63. The first-order chi connectivity index (χ1) is 11.5. The summed E-state index contributed by atoms with van der Waals surface area (Å²) in [4.78, 5) is 15.8. The van der Waals surface area contributed by atoms with Gasteiger partial charge in [0.1, 0.15) is 10.9 Å². The monoisotopic (exact) mass is 413 g/mol. The summed E-state index contributed by atoms with van der Waals surface area (Å²) < 4.78 is 16.0. The number of nitrogens with zero attached hydrogens (tertiary/aromatic N) is 1. The van der Waals surface area contributed by atoms with Crippen molar-refractivity contribution in [2.75, 3.05) is 21.0 Å². The molecule has 0 N–H and O–H groups in total. The maximum atomic E-state index is 11.7. The molecule has 0 saturated heterocycles. The Bertz CT molecular complexity index is 724. The third-order valence-electron chi connectivity index (χ3n) is 3.36. The number of halogens is 2. The summed E-state index contributed by atoms with van der Waals surface area (Å²) in [5.41, 5.74) is 2.44. The van der Waals surface area contributed by atoms with Gasteiger partial charge in [-0.25, -0.2) is 9.78 Å². The first-order valence-electron chi connectivity index (χ1n) is 7.18. The second-order valence-corrected chi connectivity index (χ2v) is 6.19. The van der Waals surface area contributed by atoms with Gasteiger partial charge >= 0.3 is 5.97 Å². The lowest BCUT2D eigenvalue weighted by atomic mass is 10.0. The summed E-state index contributed by atoms with van der Waals surface area (Å²) in [6, 6.07) is 7.18. The predicted molar refractivity (Wildman–Crippen MR) is 94.6 cm³/mol. The molecule has 128 valence electrons. The van der Waals surface area contributed by atoms with Crippen molar-refractivity contribution in [3.8, 4) is 5.75 Å². The molecule has 1 aromatic carbocycles. The van der Waals surface area contributed by atoms with E-state index in [4.69, 9.17) is 25.8 Å². The topological polar surface area (TPSA) is 57.7 Å². The molecular formula is C17H17BrClNO4. The van der Waals surface area contributed by atoms with Gasteiger partial charge < -0.3 is 14.2 Å². The maximum Gasteiger partial charge on any atom is 0.337 e. The Balaban J connectivity index is 2.17. The number of benzene rings is 1. The standard InChI is InChI=1S/C17H17BrClNO4/c1-22-10-24-15-8-13(17(21)23-2)6-5-12(15)4-3-11-7-14(18)16(19)20-9-11/h5-9H,3-4,10H2,1-2H3. The van der Waals surface area contributed by atoms with Crippen LogP contribution in [0.1, 0.15) is 21.5 Å². The molecule has 0 unspecified atom stereocenters. The van der Waals surface area contributed by atoms with Crippen LogP contribution in [-0.4, -0.2) is 32.0 Å². The molecule has 0 aliphatic heterocycles. The molecule has 0 aliphatic carbocycles. The second-order valence-electron chi connectivity index (χ2n) is 4.98. The summed E-state index contributed by atoms with van der Waals surface area (Å²) in [7, 11) is 2.89. The van der Waals surface area contributed by atoms with Crippen molar-refractivity contribution in [2.45, 2.75) is 12.8 Å². The van der Waals surface area contributed by atoms with Crippen LogP contribution in [0.5, 0.6) is 5.75 Å². The van der Waals surface area contributed by atoms with E-state index in [9.17, 15) is 4.79 Å². The van der Waals surface area contributed by atoms with Gasteiger partial charge in [0.15, 0.2) is 6.79 Å². The number of aromatic nitrogens is 1. The lowest BCUT2D eigenvalue weighted by molar-refractivity contribution is 0.0497. The first-order valence-corrected chi connectivity index (χ1v) is 8.35. The van der Waals surface area contributed by atoms with E-state index in [0.29, 0.717) is 16.5 Å². The molecule has 0 atom stereocenters. The Morgan fingerprint density at radius 3 is 2.71 bits per heavy atom. The molecule has 0 bridgehead atoms. The van der Waals surface area contributed by atoms with E-state index in [1.54, 1.807) is 25.4 Å². The number of rotatable bonds is 7. The Kier molecular flexibility index (Phi) is 7.02. The average Bonchev–Trinajstić information content (AvgIpc) is 2.60. The van der Waals surface area contributed by atoms with Crippen LogP contribution >= 0.6 is 27.5 Å². The quantitative estimate of drug-likeness (QED) is 0.389. The Labute approximate surface area is 154 Å². The highest BCUT2D eigenvalue weighted by Crippen LogP contribution is 2.25. The molecule has 1 heterocycles. The average molecular weight is 415 g/mol. The van der Waals surface area contributed by atoms with Gasteiger partial charge in [-0.3, -0.25) is 0 Å². The number of carbonyl (C=O) groups excluding carboxylic acids is 1. The maximum absolute atomic E-state index is 11.7. The summed E-state index contributed by atoms with van der Waals surface area (Å²) in [5, 5.41) is 0.435. The van der Waals surface area contributed by atoms with Crippen LogP contribution in [0.4, 0.5) is 0 Å². The molecule has 0 fully saturated rings. The minimum absolute atomic E-state index is 0.103. The third kappa shape index (κ3) is 4.93. The summed E-state index contributed by atoms with van der Waals surface area (Å²) in [6.45, 7) is 0.103. The molecule has 0 saturated carbocycles. The number of methoxy groups -OCH3 is 2. The highest BCUT2D eigenvalue weighted by molar-refractivity contribution is 9.10. The second kappa shape index (κ2) is 9.01. The fourth-order valence-electron chi connectivity index (χ4n) is 2.14. The van der Waals surface area contributed by atoms with Crippen LogP contribution in [0.25, 0.3) is 0 Å². The lowest BCUT2D eigenvalue weighted by Gasteiger charge is -2.12. The van der Waals surface area contributed by atoms with Gasteiger partial charge in [-0.1, -0.05) is 17.7 Å². The first kappa shape index (κ1) is 18.7. The summed E-state index contributed by atoms with van der Waals surface area (Å²) in [6.07, 6.45) is 3.21. The van der Waals surface area contributed by atoms with Crippen LogP contribution in [0, 0.1) is 0 Å². The molecule has 2 aromatic rings. The molecule has 0 spiro atoms. The van der Waals surface area contributed by atoms with Gasteiger partial charge in [0, 0.05) is 13.3 Å². The number of hydrogen-bond donors (Lipinski definition) is 0. The van der Waals surface area contributed by atoms with E-state index in [2.05, 4.69) is 20.9 Å². The van der Waals surface area contributed by atoms with Gasteiger partial charge in [-0.2, -0.15) is 0 Å². The zero-order valence-electron chi connectivity index (χ0n) is 13.3. The van der Waals surface area contributed by atoms with Crippen LogP contribution in [0.3, 0.4) is 0 Å². The smallest absolute Gasteiger partial charge is 0.337 e. The van der Waals surface area contributed by atoms with E-state index in [1.807, 2.05) is 12.1 Å². The molecule has 0 amide bonds. The SMILES string of the molecule is COCOc1cc(C(=O)OC)ccc1CCc1cnc(Cl)c(Br)c1. The van der Waals surface area contributed by atoms with Gasteiger partial charge in [-0.05, 0) is 58.1 Å². The van der Waals surface area contributed by atoms with E-state index in [0.717, 1.165) is 28.4 Å². The van der Waals surface area contributed by atoms with E-state index >= 15 is 0 Å². The largest absolute Gasteiger partial charge is 0.467 e. The fourth-order valence-corrected chi connectivity index (χ4v) is 2.64. The van der Waals surface area contributed by atoms with E-state index in [1.165, 1.54) is 7.11 Å². The van der Waals surface area contributed by atoms with E-state index in [-0.39, 0.29) is 6.79 Å². The van der Waals surface area contributed by atoms with Crippen molar-refractivity contribution in [3.05, 3.63) is 56.8 Å². The molecule has 7 heteroatoms. The van der Waals surface area contributed by atoms with E-state index < -0.39 is 5.97 Å². The zero-order valence-corrected chi connectivity index (χ0v) is 15.7. The molecule has 2 rings (SSSR count). The number of esters is 1. The highest BCUT2D eigenvalue weighted by atomic mass is 79.9. The summed E-state index contributed by atoms with van der Waals surface area (Å²) in [5.74, 6) is 0.190. The van der Waals surface area contributed by atoms with Crippen LogP contribution in [0.15, 0.2) is 34.9 Å². The Morgan fingerprint density at radius 1 is 1.25 bits per heavy atom. The van der Waals surface area contributed by atoms with Gasteiger partial charge in [-0.15, -0.1) is 0 Å². The van der Waals surface area contributed by atoms with Crippen LogP contribution in [0.2, 0.25) is 5.15 Å². The van der Waals surface area contributed by atoms with Gasteiger partial charge in [0.2, 0.25) is 0 Å². The van der Waals surface area contributed by atoms with Crippen molar-refractivity contribution < 1.29 is 19.0 Å². The number of hydrogen-bond acceptors (Lipinski definition) is 5. The molecule has 24 heavy (non-hydrogen) atoms. The van der Waals surface area contributed by atoms with Crippen molar-refractivity contribution in [2.24, 2.45) is 0 Å². The molecule has 0 aliphatic rings. The number of aryl methyl sites for hydroxylation is 2. The summed E-state index contributed by atoms with van der Waals surface area (Å²) >= 11 is 9.27. The number of ether oxygens (including phenoxy) is 3. The molecule has 5 nitrogen and oxygen atoms in total. The fraction of sp³-hybridized carbons (Fsp3) is 0.294. The van der Waals surface area contributed by atoms with Gasteiger partial charge in [0.25, 0.3) is 0 Å². The van der Waals surface area contributed by atoms with Crippen molar-refractivity contribution in [1.82, 2.24) is 4.98 Å². The van der Waals surface area contributed by atoms with Crippen LogP contribution < -0.4 is 4.74 Å². The van der Waals surface area contributed by atoms with Crippen molar-refractivity contribution in [1.29, 1.82) is 0 Å². The Morgan fingerprint density at radius 2 is 2.04 bits per heavy atom. The van der Waals surface area contributed by atoms with Crippen LogP contribution in [-0.2, 0) is 22.3 Å². The normalized spacial score (nSPS) is 10.5. The predicted octanol–water partition coefficient (Wildman–Crippen LogP) is 4.05. The minimum Gasteiger partial charge on any atom is -0.467 e. The number of carbonyl (C=O) groups is 1. The minimum atomic E-state index is -0.408. The van der Waals surface area contributed by atoms with Gasteiger partial charge in [0.05, 0.1) is 17.1 Å². The molecule has 1 aromatic heterocycles.